The van der Waals surface area contributed by atoms with E-state index in [9.17, 15) is 4.79 Å². The van der Waals surface area contributed by atoms with Crippen LogP contribution in [0.1, 0.15) is 19.4 Å². The van der Waals surface area contributed by atoms with Gasteiger partial charge in [-0.15, -0.1) is 5.10 Å². The minimum atomic E-state index is -0.179. The quantitative estimate of drug-likeness (QED) is 0.503. The average molecular weight is 393 g/mol. The number of hydrogen-bond acceptors (Lipinski definition) is 6. The number of benzene rings is 2. The van der Waals surface area contributed by atoms with Gasteiger partial charge in [0, 0.05) is 5.56 Å². The van der Waals surface area contributed by atoms with Crippen molar-refractivity contribution >= 4 is 22.4 Å². The second kappa shape index (κ2) is 7.82. The molecule has 28 heavy (non-hydrogen) atoms. The first-order valence-electron chi connectivity index (χ1n) is 9.06. The highest BCUT2D eigenvalue weighted by Crippen LogP contribution is 2.28. The van der Waals surface area contributed by atoms with Crippen molar-refractivity contribution in [1.82, 2.24) is 14.6 Å². The fourth-order valence-corrected chi connectivity index (χ4v) is 3.76. The van der Waals surface area contributed by atoms with E-state index in [4.69, 9.17) is 9.47 Å². The molecule has 2 aromatic heterocycles. The highest BCUT2D eigenvalue weighted by atomic mass is 32.1. The Morgan fingerprint density at radius 1 is 1.04 bits per heavy atom. The Bertz CT molecular complexity index is 1220. The Labute approximate surface area is 165 Å². The molecule has 0 saturated carbocycles. The van der Waals surface area contributed by atoms with Crippen LogP contribution in [0.3, 0.4) is 0 Å². The molecule has 0 atom stereocenters. The van der Waals surface area contributed by atoms with Gasteiger partial charge in [0.25, 0.3) is 5.56 Å². The minimum Gasteiger partial charge on any atom is -0.490 e. The first-order chi connectivity index (χ1) is 13.7. The van der Waals surface area contributed by atoms with Gasteiger partial charge in [-0.1, -0.05) is 47.7 Å². The number of fused-ring (bicyclic) bond motifs is 1. The van der Waals surface area contributed by atoms with E-state index in [2.05, 4.69) is 10.1 Å². The van der Waals surface area contributed by atoms with Crippen molar-refractivity contribution in [2.45, 2.75) is 13.8 Å². The molecule has 0 unspecified atom stereocenters. The van der Waals surface area contributed by atoms with Crippen LogP contribution in [0.15, 0.2) is 53.3 Å². The van der Waals surface area contributed by atoms with Gasteiger partial charge in [0.1, 0.15) is 0 Å². The standard InChI is InChI=1S/C21H19N3O3S/c1-3-26-16-11-10-14(12-17(16)27-4-2)13-18-20(25)24-21(28-18)22-19(23-24)15-8-6-5-7-9-15/h5-13H,3-4H2,1-2H3. The molecule has 0 amide bonds. The van der Waals surface area contributed by atoms with E-state index in [0.717, 1.165) is 11.1 Å². The van der Waals surface area contributed by atoms with Gasteiger partial charge < -0.3 is 9.47 Å². The largest absolute Gasteiger partial charge is 0.490 e. The zero-order valence-corrected chi connectivity index (χ0v) is 16.4. The van der Waals surface area contributed by atoms with Crippen molar-refractivity contribution < 1.29 is 9.47 Å². The summed E-state index contributed by atoms with van der Waals surface area (Å²) < 4.78 is 13.2. The topological polar surface area (TPSA) is 65.7 Å². The maximum atomic E-state index is 12.7. The van der Waals surface area contributed by atoms with E-state index in [1.165, 1.54) is 15.9 Å². The summed E-state index contributed by atoms with van der Waals surface area (Å²) in [6, 6.07) is 15.2. The van der Waals surface area contributed by atoms with Gasteiger partial charge >= 0.3 is 0 Å². The van der Waals surface area contributed by atoms with Gasteiger partial charge in [0.15, 0.2) is 17.3 Å². The van der Waals surface area contributed by atoms with Gasteiger partial charge in [0.2, 0.25) is 4.96 Å². The molecule has 2 aromatic carbocycles. The normalized spacial score (nSPS) is 11.9. The summed E-state index contributed by atoms with van der Waals surface area (Å²) in [5, 5.41) is 4.37. The Hall–Kier alpha value is -3.19. The van der Waals surface area contributed by atoms with Crippen molar-refractivity contribution in [3.05, 3.63) is 69.0 Å². The van der Waals surface area contributed by atoms with E-state index < -0.39 is 0 Å². The van der Waals surface area contributed by atoms with Crippen molar-refractivity contribution in [2.75, 3.05) is 13.2 Å². The Balaban J connectivity index is 1.74. The Morgan fingerprint density at radius 3 is 2.50 bits per heavy atom. The Morgan fingerprint density at radius 2 is 1.79 bits per heavy atom. The van der Waals surface area contributed by atoms with Gasteiger partial charge in [-0.3, -0.25) is 4.79 Å². The molecular formula is C21H19N3O3S. The highest BCUT2D eigenvalue weighted by molar-refractivity contribution is 7.15. The molecular weight excluding hydrogens is 374 g/mol. The van der Waals surface area contributed by atoms with Crippen LogP contribution in [0.4, 0.5) is 0 Å². The maximum absolute atomic E-state index is 12.7. The molecule has 0 spiro atoms. The molecule has 0 aliphatic heterocycles. The van der Waals surface area contributed by atoms with Crippen LogP contribution in [0.5, 0.6) is 11.5 Å². The number of hydrogen-bond donors (Lipinski definition) is 0. The summed E-state index contributed by atoms with van der Waals surface area (Å²) in [6.07, 6.45) is 1.82. The smallest absolute Gasteiger partial charge is 0.291 e. The first kappa shape index (κ1) is 18.2. The first-order valence-corrected chi connectivity index (χ1v) is 9.87. The molecule has 6 nitrogen and oxygen atoms in total. The monoisotopic (exact) mass is 393 g/mol. The molecule has 0 aliphatic rings. The lowest BCUT2D eigenvalue weighted by Gasteiger charge is -2.11. The van der Waals surface area contributed by atoms with Crippen molar-refractivity contribution in [3.8, 4) is 22.9 Å². The molecule has 2 heterocycles. The fourth-order valence-electron chi connectivity index (χ4n) is 2.85. The zero-order chi connectivity index (χ0) is 19.5. The number of rotatable bonds is 6. The Kier molecular flexibility index (Phi) is 5.08. The van der Waals surface area contributed by atoms with Crippen LogP contribution in [-0.2, 0) is 0 Å². The third-order valence-corrected chi connectivity index (χ3v) is 5.04. The van der Waals surface area contributed by atoms with E-state index in [0.29, 0.717) is 40.0 Å². The van der Waals surface area contributed by atoms with Gasteiger partial charge in [0.05, 0.1) is 17.7 Å². The fraction of sp³-hybridized carbons (Fsp3) is 0.190. The van der Waals surface area contributed by atoms with Crippen LogP contribution in [0.2, 0.25) is 0 Å². The number of ether oxygens (including phenoxy) is 2. The molecule has 0 radical (unpaired) electrons. The molecule has 0 N–H and O–H groups in total. The molecule has 0 bridgehead atoms. The van der Waals surface area contributed by atoms with Crippen LogP contribution in [0, 0.1) is 0 Å². The molecule has 4 rings (SSSR count). The minimum absolute atomic E-state index is 0.179. The summed E-state index contributed by atoms with van der Waals surface area (Å²) >= 11 is 1.32. The van der Waals surface area contributed by atoms with Crippen LogP contribution in [0.25, 0.3) is 22.4 Å². The van der Waals surface area contributed by atoms with Gasteiger partial charge in [-0.2, -0.15) is 9.50 Å². The van der Waals surface area contributed by atoms with E-state index in [1.54, 1.807) is 0 Å². The predicted octanol–water partition coefficient (Wildman–Crippen LogP) is 3.16. The molecule has 0 fully saturated rings. The maximum Gasteiger partial charge on any atom is 0.291 e. The summed E-state index contributed by atoms with van der Waals surface area (Å²) in [7, 11) is 0. The molecule has 4 aromatic rings. The van der Waals surface area contributed by atoms with E-state index in [1.807, 2.05) is 68.5 Å². The number of nitrogens with zero attached hydrogens (tertiary/aromatic N) is 3. The zero-order valence-electron chi connectivity index (χ0n) is 15.6. The van der Waals surface area contributed by atoms with Crippen molar-refractivity contribution in [1.29, 1.82) is 0 Å². The van der Waals surface area contributed by atoms with E-state index in [-0.39, 0.29) is 5.56 Å². The lowest BCUT2D eigenvalue weighted by atomic mass is 10.2. The second-order valence-corrected chi connectivity index (χ2v) is 6.99. The SMILES string of the molecule is CCOc1ccc(C=c2sc3nc(-c4ccccc4)nn3c2=O)cc1OCC. The second-order valence-electron chi connectivity index (χ2n) is 5.98. The van der Waals surface area contributed by atoms with Gasteiger partial charge in [-0.25, -0.2) is 0 Å². The van der Waals surface area contributed by atoms with Crippen molar-refractivity contribution in [2.24, 2.45) is 0 Å². The number of aromatic nitrogens is 3. The van der Waals surface area contributed by atoms with Crippen LogP contribution >= 0.6 is 11.3 Å². The lowest BCUT2D eigenvalue weighted by molar-refractivity contribution is 0.287. The molecule has 0 saturated heterocycles. The highest BCUT2D eigenvalue weighted by Gasteiger charge is 2.12. The van der Waals surface area contributed by atoms with Crippen molar-refractivity contribution in [3.63, 3.8) is 0 Å². The summed E-state index contributed by atoms with van der Waals surface area (Å²) in [6.45, 7) is 4.95. The number of thiazole rings is 1. The van der Waals surface area contributed by atoms with E-state index >= 15 is 0 Å². The summed E-state index contributed by atoms with van der Waals surface area (Å²) in [5.74, 6) is 1.91. The summed E-state index contributed by atoms with van der Waals surface area (Å²) in [4.78, 5) is 17.8. The van der Waals surface area contributed by atoms with Crippen LogP contribution < -0.4 is 19.6 Å². The molecule has 0 aliphatic carbocycles. The third-order valence-electron chi connectivity index (χ3n) is 4.08. The van der Waals surface area contributed by atoms with Crippen LogP contribution in [-0.4, -0.2) is 27.8 Å². The summed E-state index contributed by atoms with van der Waals surface area (Å²) in [5.41, 5.74) is 1.56. The average Bonchev–Trinajstić information content (AvgIpc) is 3.25. The third kappa shape index (κ3) is 3.48. The molecule has 142 valence electrons. The lowest BCUT2D eigenvalue weighted by Crippen LogP contribution is -2.23. The molecule has 7 heteroatoms. The predicted molar refractivity (Wildman–Crippen MR) is 110 cm³/mol. The van der Waals surface area contributed by atoms with Gasteiger partial charge in [-0.05, 0) is 37.6 Å².